The molecule has 0 amide bonds. The topological polar surface area (TPSA) is 82.1 Å². The van der Waals surface area contributed by atoms with Gasteiger partial charge in [0.1, 0.15) is 5.84 Å². The Hall–Kier alpha value is -0.810. The summed E-state index contributed by atoms with van der Waals surface area (Å²) in [5.41, 5.74) is 5.38. The van der Waals surface area contributed by atoms with E-state index in [1.165, 1.54) is 0 Å². The van der Waals surface area contributed by atoms with Crippen molar-refractivity contribution in [1.29, 1.82) is 0 Å². The summed E-state index contributed by atoms with van der Waals surface area (Å²) in [7, 11) is 0. The van der Waals surface area contributed by atoms with Crippen molar-refractivity contribution in [3.05, 3.63) is 0 Å². The SMILES string of the molecule is CC(C)N(CCCO)CCCC(N)=NO. The summed E-state index contributed by atoms with van der Waals surface area (Å²) in [5, 5.41) is 20.0. The Balaban J connectivity index is 3.75. The number of amidine groups is 1. The van der Waals surface area contributed by atoms with Gasteiger partial charge in [-0.15, -0.1) is 0 Å². The van der Waals surface area contributed by atoms with E-state index in [1.807, 2.05) is 0 Å². The summed E-state index contributed by atoms with van der Waals surface area (Å²) in [6.45, 7) is 6.28. The van der Waals surface area contributed by atoms with Gasteiger partial charge in [0.2, 0.25) is 0 Å². The van der Waals surface area contributed by atoms with Gasteiger partial charge in [-0.2, -0.15) is 0 Å². The monoisotopic (exact) mass is 217 g/mol. The molecule has 0 aliphatic rings. The molecule has 0 spiro atoms. The van der Waals surface area contributed by atoms with Crippen molar-refractivity contribution < 1.29 is 10.3 Å². The van der Waals surface area contributed by atoms with Gasteiger partial charge >= 0.3 is 0 Å². The predicted octanol–water partition coefficient (Wildman–Crippen LogP) is 0.606. The van der Waals surface area contributed by atoms with E-state index in [0.29, 0.717) is 12.5 Å². The van der Waals surface area contributed by atoms with Gasteiger partial charge in [0, 0.05) is 25.6 Å². The van der Waals surface area contributed by atoms with E-state index in [-0.39, 0.29) is 12.4 Å². The number of oxime groups is 1. The van der Waals surface area contributed by atoms with Crippen molar-refractivity contribution in [2.45, 2.75) is 39.2 Å². The summed E-state index contributed by atoms with van der Waals surface area (Å²) < 4.78 is 0. The minimum atomic E-state index is 0.226. The Morgan fingerprint density at radius 1 is 1.33 bits per heavy atom. The molecule has 0 radical (unpaired) electrons. The third-order valence-electron chi connectivity index (χ3n) is 2.34. The zero-order valence-corrected chi connectivity index (χ0v) is 9.69. The van der Waals surface area contributed by atoms with E-state index < -0.39 is 0 Å². The molecule has 90 valence electrons. The van der Waals surface area contributed by atoms with Crippen LogP contribution in [0.15, 0.2) is 5.16 Å². The Bertz CT molecular complexity index is 184. The first kappa shape index (κ1) is 14.2. The lowest BCUT2D eigenvalue weighted by Crippen LogP contribution is -2.33. The van der Waals surface area contributed by atoms with E-state index in [2.05, 4.69) is 23.9 Å². The molecule has 0 aliphatic heterocycles. The van der Waals surface area contributed by atoms with Crippen LogP contribution in [0.25, 0.3) is 0 Å². The van der Waals surface area contributed by atoms with Crippen LogP contribution in [0.3, 0.4) is 0 Å². The second kappa shape index (κ2) is 8.49. The lowest BCUT2D eigenvalue weighted by molar-refractivity contribution is 0.190. The fourth-order valence-electron chi connectivity index (χ4n) is 1.42. The third-order valence-corrected chi connectivity index (χ3v) is 2.34. The second-order valence-corrected chi connectivity index (χ2v) is 3.90. The van der Waals surface area contributed by atoms with Crippen LogP contribution >= 0.6 is 0 Å². The van der Waals surface area contributed by atoms with Crippen LogP contribution in [0, 0.1) is 0 Å². The van der Waals surface area contributed by atoms with Crippen LogP contribution in [0.5, 0.6) is 0 Å². The first-order valence-corrected chi connectivity index (χ1v) is 5.43. The Morgan fingerprint density at radius 3 is 2.40 bits per heavy atom. The molecular weight excluding hydrogens is 194 g/mol. The van der Waals surface area contributed by atoms with Gasteiger partial charge in [-0.25, -0.2) is 0 Å². The standard InChI is InChI=1S/C10H23N3O2/c1-9(2)13(7-4-8-14)6-3-5-10(11)12-15/h9,14-15H,3-8H2,1-2H3,(H2,11,12). The number of nitrogens with two attached hydrogens (primary N) is 1. The largest absolute Gasteiger partial charge is 0.409 e. The Labute approximate surface area is 91.6 Å². The molecule has 0 aromatic rings. The first-order chi connectivity index (χ1) is 7.11. The highest BCUT2D eigenvalue weighted by atomic mass is 16.4. The number of hydrogen-bond acceptors (Lipinski definition) is 4. The van der Waals surface area contributed by atoms with E-state index in [4.69, 9.17) is 16.0 Å². The number of rotatable bonds is 8. The van der Waals surface area contributed by atoms with Crippen LogP contribution in [0.4, 0.5) is 0 Å². The molecule has 0 aliphatic carbocycles. The molecule has 0 rings (SSSR count). The summed E-state index contributed by atoms with van der Waals surface area (Å²) in [6.07, 6.45) is 2.28. The molecule has 0 saturated heterocycles. The molecule has 0 bridgehead atoms. The summed E-state index contributed by atoms with van der Waals surface area (Å²) in [4.78, 5) is 2.28. The molecule has 5 heteroatoms. The van der Waals surface area contributed by atoms with Crippen LogP contribution < -0.4 is 5.73 Å². The van der Waals surface area contributed by atoms with Gasteiger partial charge in [-0.1, -0.05) is 5.16 Å². The summed E-state index contributed by atoms with van der Waals surface area (Å²) in [6, 6.07) is 0.462. The number of hydrogen-bond donors (Lipinski definition) is 3. The van der Waals surface area contributed by atoms with Gasteiger partial charge < -0.3 is 20.9 Å². The van der Waals surface area contributed by atoms with Crippen molar-refractivity contribution in [1.82, 2.24) is 4.90 Å². The van der Waals surface area contributed by atoms with Gasteiger partial charge in [0.25, 0.3) is 0 Å². The van der Waals surface area contributed by atoms with Crippen LogP contribution in [-0.4, -0.2) is 46.8 Å². The first-order valence-electron chi connectivity index (χ1n) is 5.43. The molecule has 0 aromatic heterocycles. The Morgan fingerprint density at radius 2 is 1.93 bits per heavy atom. The van der Waals surface area contributed by atoms with Gasteiger partial charge in [-0.05, 0) is 33.2 Å². The van der Waals surface area contributed by atoms with E-state index in [1.54, 1.807) is 0 Å². The normalized spacial score (nSPS) is 12.7. The molecule has 0 unspecified atom stereocenters. The third kappa shape index (κ3) is 7.16. The molecule has 0 aromatic carbocycles. The van der Waals surface area contributed by atoms with Gasteiger partial charge in [-0.3, -0.25) is 0 Å². The van der Waals surface area contributed by atoms with Crippen molar-refractivity contribution in [3.63, 3.8) is 0 Å². The quantitative estimate of drug-likeness (QED) is 0.241. The Kier molecular flexibility index (Phi) is 8.04. The molecule has 0 heterocycles. The van der Waals surface area contributed by atoms with Crippen LogP contribution in [0.1, 0.15) is 33.1 Å². The molecule has 0 atom stereocenters. The fourth-order valence-corrected chi connectivity index (χ4v) is 1.42. The molecular formula is C10H23N3O2. The second-order valence-electron chi connectivity index (χ2n) is 3.90. The zero-order chi connectivity index (χ0) is 11.7. The van der Waals surface area contributed by atoms with Gasteiger partial charge in [0.15, 0.2) is 0 Å². The van der Waals surface area contributed by atoms with Crippen molar-refractivity contribution in [2.75, 3.05) is 19.7 Å². The molecule has 4 N–H and O–H groups in total. The van der Waals surface area contributed by atoms with E-state index in [9.17, 15) is 0 Å². The minimum absolute atomic E-state index is 0.226. The average Bonchev–Trinajstić information content (AvgIpc) is 2.22. The smallest absolute Gasteiger partial charge is 0.139 e. The van der Waals surface area contributed by atoms with Crippen molar-refractivity contribution in [3.8, 4) is 0 Å². The summed E-state index contributed by atoms with van der Waals surface area (Å²) >= 11 is 0. The maximum absolute atomic E-state index is 8.75. The van der Waals surface area contributed by atoms with Crippen molar-refractivity contribution in [2.24, 2.45) is 10.9 Å². The number of nitrogens with zero attached hydrogens (tertiary/aromatic N) is 2. The minimum Gasteiger partial charge on any atom is -0.409 e. The maximum Gasteiger partial charge on any atom is 0.139 e. The number of aliphatic hydroxyl groups is 1. The van der Waals surface area contributed by atoms with Crippen LogP contribution in [-0.2, 0) is 0 Å². The fraction of sp³-hybridized carbons (Fsp3) is 0.900. The van der Waals surface area contributed by atoms with Gasteiger partial charge in [0.05, 0.1) is 0 Å². The van der Waals surface area contributed by atoms with Crippen molar-refractivity contribution >= 4 is 5.84 Å². The molecule has 0 fully saturated rings. The van der Waals surface area contributed by atoms with E-state index in [0.717, 1.165) is 25.9 Å². The number of aliphatic hydroxyl groups excluding tert-OH is 1. The van der Waals surface area contributed by atoms with Crippen LogP contribution in [0.2, 0.25) is 0 Å². The molecule has 15 heavy (non-hydrogen) atoms. The molecule has 5 nitrogen and oxygen atoms in total. The highest BCUT2D eigenvalue weighted by Gasteiger charge is 2.08. The highest BCUT2D eigenvalue weighted by molar-refractivity contribution is 5.79. The summed E-state index contributed by atoms with van der Waals surface area (Å²) in [5.74, 6) is 0.279. The van der Waals surface area contributed by atoms with E-state index >= 15 is 0 Å². The maximum atomic E-state index is 8.75. The average molecular weight is 217 g/mol. The molecule has 0 saturated carbocycles. The lowest BCUT2D eigenvalue weighted by atomic mass is 10.2. The zero-order valence-electron chi connectivity index (χ0n) is 9.69. The lowest BCUT2D eigenvalue weighted by Gasteiger charge is -2.25. The predicted molar refractivity (Wildman–Crippen MR) is 61.1 cm³/mol. The highest BCUT2D eigenvalue weighted by Crippen LogP contribution is 2.02.